The summed E-state index contributed by atoms with van der Waals surface area (Å²) >= 11 is 0. The maximum atomic E-state index is 11.7. The van der Waals surface area contributed by atoms with Gasteiger partial charge in [0.05, 0.1) is 18.1 Å². The number of nitrogens with zero attached hydrogens (tertiary/aromatic N) is 2. The number of hydrogen-bond donors (Lipinski definition) is 2. The molecule has 0 atom stereocenters. The molecular formula is C13H20N4O4. The molecule has 1 aromatic rings. The van der Waals surface area contributed by atoms with Crippen LogP contribution in [0.4, 0.5) is 17.1 Å². The lowest BCUT2D eigenvalue weighted by Gasteiger charge is -2.19. The van der Waals surface area contributed by atoms with Gasteiger partial charge in [-0.25, -0.2) is 0 Å². The van der Waals surface area contributed by atoms with E-state index in [2.05, 4.69) is 10.6 Å². The molecule has 1 rings (SSSR count). The van der Waals surface area contributed by atoms with Crippen molar-refractivity contribution in [3.63, 3.8) is 0 Å². The number of carbonyl (C=O) groups is 1. The van der Waals surface area contributed by atoms with Crippen LogP contribution in [-0.4, -0.2) is 51.7 Å². The van der Waals surface area contributed by atoms with Gasteiger partial charge in [-0.05, 0) is 6.07 Å². The summed E-state index contributed by atoms with van der Waals surface area (Å²) in [6, 6.07) is 4.62. The minimum atomic E-state index is -0.461. The second-order valence-corrected chi connectivity index (χ2v) is 4.44. The van der Waals surface area contributed by atoms with E-state index in [0.29, 0.717) is 24.5 Å². The van der Waals surface area contributed by atoms with Gasteiger partial charge in [0.1, 0.15) is 0 Å². The van der Waals surface area contributed by atoms with E-state index in [-0.39, 0.29) is 18.1 Å². The van der Waals surface area contributed by atoms with Crippen molar-refractivity contribution in [2.75, 3.05) is 51.1 Å². The van der Waals surface area contributed by atoms with Gasteiger partial charge in [0, 0.05) is 51.3 Å². The van der Waals surface area contributed by atoms with Gasteiger partial charge in [-0.3, -0.25) is 14.9 Å². The van der Waals surface area contributed by atoms with Gasteiger partial charge < -0.3 is 20.3 Å². The van der Waals surface area contributed by atoms with Crippen LogP contribution in [0.3, 0.4) is 0 Å². The van der Waals surface area contributed by atoms with Crippen LogP contribution in [0.25, 0.3) is 0 Å². The van der Waals surface area contributed by atoms with Crippen LogP contribution < -0.4 is 15.5 Å². The molecule has 0 saturated heterocycles. The standard InChI is InChI=1S/C13H20N4O4/c1-14-10-6-11(8-12(7-10)17(19)20)16(2)9-13(18)15-4-5-21-3/h6-8,14H,4-5,9H2,1-3H3,(H,15,18). The van der Waals surface area contributed by atoms with E-state index < -0.39 is 4.92 Å². The molecule has 0 aromatic heterocycles. The summed E-state index contributed by atoms with van der Waals surface area (Å²) < 4.78 is 4.84. The fraction of sp³-hybridized carbons (Fsp3) is 0.462. The molecule has 0 fully saturated rings. The normalized spacial score (nSPS) is 10.0. The highest BCUT2D eigenvalue weighted by atomic mass is 16.6. The Bertz CT molecular complexity index is 507. The average Bonchev–Trinajstić information content (AvgIpc) is 2.46. The number of rotatable bonds is 8. The van der Waals surface area contributed by atoms with Crippen molar-refractivity contribution in [3.8, 4) is 0 Å². The second kappa shape index (κ2) is 8.05. The van der Waals surface area contributed by atoms with E-state index in [1.165, 1.54) is 12.1 Å². The van der Waals surface area contributed by atoms with Crippen molar-refractivity contribution < 1.29 is 14.5 Å². The largest absolute Gasteiger partial charge is 0.388 e. The van der Waals surface area contributed by atoms with Crippen LogP contribution in [0.5, 0.6) is 0 Å². The Balaban J connectivity index is 2.76. The van der Waals surface area contributed by atoms with Crippen LogP contribution in [0, 0.1) is 10.1 Å². The van der Waals surface area contributed by atoms with Crippen molar-refractivity contribution in [1.29, 1.82) is 0 Å². The molecule has 1 aromatic carbocycles. The molecule has 0 aliphatic heterocycles. The fourth-order valence-corrected chi connectivity index (χ4v) is 1.72. The average molecular weight is 296 g/mol. The SMILES string of the molecule is CNc1cc(N(C)CC(=O)NCCOC)cc([N+](=O)[O-])c1. The maximum Gasteiger partial charge on any atom is 0.273 e. The molecule has 0 spiro atoms. The Morgan fingerprint density at radius 3 is 2.71 bits per heavy atom. The first-order chi connectivity index (χ1) is 9.97. The van der Waals surface area contributed by atoms with E-state index in [9.17, 15) is 14.9 Å². The first kappa shape index (κ1) is 16.7. The Morgan fingerprint density at radius 2 is 2.14 bits per heavy atom. The number of likely N-dealkylation sites (N-methyl/N-ethyl adjacent to an activating group) is 1. The molecule has 1 amide bonds. The van der Waals surface area contributed by atoms with Crippen molar-refractivity contribution in [1.82, 2.24) is 5.32 Å². The predicted octanol–water partition coefficient (Wildman–Crippen LogP) is 0.835. The van der Waals surface area contributed by atoms with Gasteiger partial charge in [0.25, 0.3) is 5.69 Å². The fourth-order valence-electron chi connectivity index (χ4n) is 1.72. The van der Waals surface area contributed by atoms with Gasteiger partial charge in [-0.15, -0.1) is 0 Å². The molecule has 21 heavy (non-hydrogen) atoms. The summed E-state index contributed by atoms with van der Waals surface area (Å²) in [4.78, 5) is 23.8. The summed E-state index contributed by atoms with van der Waals surface area (Å²) in [5.41, 5.74) is 1.18. The van der Waals surface area contributed by atoms with Crippen LogP contribution in [0.1, 0.15) is 0 Å². The zero-order valence-electron chi connectivity index (χ0n) is 12.4. The number of anilines is 2. The van der Waals surface area contributed by atoms with Crippen molar-refractivity contribution >= 4 is 23.0 Å². The molecule has 116 valence electrons. The van der Waals surface area contributed by atoms with E-state index in [4.69, 9.17) is 4.74 Å². The third kappa shape index (κ3) is 5.27. The van der Waals surface area contributed by atoms with E-state index >= 15 is 0 Å². The van der Waals surface area contributed by atoms with Gasteiger partial charge in [-0.1, -0.05) is 0 Å². The van der Waals surface area contributed by atoms with Crippen molar-refractivity contribution in [3.05, 3.63) is 28.3 Å². The quantitative estimate of drug-likeness (QED) is 0.419. The maximum absolute atomic E-state index is 11.7. The van der Waals surface area contributed by atoms with Gasteiger partial charge in [0.2, 0.25) is 5.91 Å². The highest BCUT2D eigenvalue weighted by molar-refractivity contribution is 5.81. The third-order valence-corrected chi connectivity index (χ3v) is 2.85. The smallest absolute Gasteiger partial charge is 0.273 e. The lowest BCUT2D eigenvalue weighted by Crippen LogP contribution is -2.36. The molecule has 2 N–H and O–H groups in total. The number of hydrogen-bond acceptors (Lipinski definition) is 6. The summed E-state index contributed by atoms with van der Waals surface area (Å²) in [6.07, 6.45) is 0. The molecule has 0 saturated carbocycles. The molecule has 0 bridgehead atoms. The monoisotopic (exact) mass is 296 g/mol. The summed E-state index contributed by atoms with van der Waals surface area (Å²) in [7, 11) is 4.94. The van der Waals surface area contributed by atoms with E-state index in [0.717, 1.165) is 0 Å². The second-order valence-electron chi connectivity index (χ2n) is 4.44. The third-order valence-electron chi connectivity index (χ3n) is 2.85. The highest BCUT2D eigenvalue weighted by Gasteiger charge is 2.13. The molecular weight excluding hydrogens is 276 g/mol. The topological polar surface area (TPSA) is 96.7 Å². The lowest BCUT2D eigenvalue weighted by atomic mass is 10.2. The minimum absolute atomic E-state index is 0.0245. The van der Waals surface area contributed by atoms with Crippen molar-refractivity contribution in [2.45, 2.75) is 0 Å². The first-order valence-electron chi connectivity index (χ1n) is 6.42. The zero-order chi connectivity index (χ0) is 15.8. The Kier molecular flexibility index (Phi) is 6.41. The molecule has 0 aliphatic rings. The van der Waals surface area contributed by atoms with Crippen LogP contribution >= 0.6 is 0 Å². The predicted molar refractivity (Wildman–Crippen MR) is 80.8 cm³/mol. The lowest BCUT2D eigenvalue weighted by molar-refractivity contribution is -0.384. The Morgan fingerprint density at radius 1 is 1.43 bits per heavy atom. The summed E-state index contributed by atoms with van der Waals surface area (Å²) in [5, 5.41) is 16.5. The molecule has 0 unspecified atom stereocenters. The number of carbonyl (C=O) groups excluding carboxylic acids is 1. The van der Waals surface area contributed by atoms with Gasteiger partial charge in [-0.2, -0.15) is 0 Å². The highest BCUT2D eigenvalue weighted by Crippen LogP contribution is 2.26. The van der Waals surface area contributed by atoms with Crippen LogP contribution in [0.2, 0.25) is 0 Å². The number of nitrogens with one attached hydrogen (secondary N) is 2. The number of amides is 1. The van der Waals surface area contributed by atoms with Crippen molar-refractivity contribution in [2.24, 2.45) is 0 Å². The van der Waals surface area contributed by atoms with Gasteiger partial charge >= 0.3 is 0 Å². The summed E-state index contributed by atoms with van der Waals surface area (Å²) in [6.45, 7) is 0.976. The molecule has 0 heterocycles. The van der Waals surface area contributed by atoms with E-state index in [1.807, 2.05) is 0 Å². The number of non-ortho nitro benzene ring substituents is 1. The zero-order valence-corrected chi connectivity index (χ0v) is 12.4. The number of benzene rings is 1. The molecule has 0 radical (unpaired) electrons. The van der Waals surface area contributed by atoms with Gasteiger partial charge in [0.15, 0.2) is 0 Å². The number of nitro benzene ring substituents is 1. The number of methoxy groups -OCH3 is 1. The summed E-state index contributed by atoms with van der Waals surface area (Å²) in [5.74, 6) is -0.174. The molecule has 0 aliphatic carbocycles. The minimum Gasteiger partial charge on any atom is -0.388 e. The first-order valence-corrected chi connectivity index (χ1v) is 6.42. The Hall–Kier alpha value is -2.35. The Labute approximate surface area is 123 Å². The van der Waals surface area contributed by atoms with Crippen LogP contribution in [0.15, 0.2) is 18.2 Å². The number of nitro groups is 1. The molecule has 8 heteroatoms. The van der Waals surface area contributed by atoms with Crippen LogP contribution in [-0.2, 0) is 9.53 Å². The molecule has 8 nitrogen and oxygen atoms in total. The number of ether oxygens (including phenoxy) is 1. The van der Waals surface area contributed by atoms with E-state index in [1.54, 1.807) is 32.2 Å².